The lowest BCUT2D eigenvalue weighted by atomic mass is 10.1. The van der Waals surface area contributed by atoms with Gasteiger partial charge in [0.2, 0.25) is 0 Å². The number of hydrogen-bond donors (Lipinski definition) is 2. The molecule has 2 aromatic carbocycles. The van der Waals surface area contributed by atoms with Gasteiger partial charge in [-0.3, -0.25) is 14.9 Å². The van der Waals surface area contributed by atoms with E-state index in [1.54, 1.807) is 6.07 Å². The summed E-state index contributed by atoms with van der Waals surface area (Å²) in [6.45, 7) is 0.465. The molecule has 0 fully saturated rings. The number of benzene rings is 2. The molecule has 3 rings (SSSR count). The average molecular weight is 353 g/mol. The van der Waals surface area contributed by atoms with Crippen LogP contribution in [0.15, 0.2) is 53.6 Å². The SMILES string of the molecule is CN(C)C(CNc1cc2nc[nH]c(=O)c2cc1[N+](=O)[O-])c1ccccc1. The number of aromatic nitrogens is 2. The van der Waals surface area contributed by atoms with Crippen LogP contribution in [0.25, 0.3) is 10.9 Å². The third-order valence-electron chi connectivity index (χ3n) is 4.25. The summed E-state index contributed by atoms with van der Waals surface area (Å²) in [5.41, 5.74) is 1.29. The summed E-state index contributed by atoms with van der Waals surface area (Å²) >= 11 is 0. The van der Waals surface area contributed by atoms with Crippen molar-refractivity contribution >= 4 is 22.3 Å². The van der Waals surface area contributed by atoms with Crippen molar-refractivity contribution in [3.63, 3.8) is 0 Å². The highest BCUT2D eigenvalue weighted by Gasteiger charge is 2.20. The Kier molecular flexibility index (Phi) is 4.94. The van der Waals surface area contributed by atoms with Crippen molar-refractivity contribution < 1.29 is 4.92 Å². The first kappa shape index (κ1) is 17.6. The van der Waals surface area contributed by atoms with E-state index >= 15 is 0 Å². The van der Waals surface area contributed by atoms with E-state index in [1.807, 2.05) is 49.3 Å². The lowest BCUT2D eigenvalue weighted by Crippen LogP contribution is -2.27. The Labute approximate surface area is 149 Å². The highest BCUT2D eigenvalue weighted by atomic mass is 16.6. The lowest BCUT2D eigenvalue weighted by molar-refractivity contribution is -0.383. The van der Waals surface area contributed by atoms with Gasteiger partial charge in [0.1, 0.15) is 5.69 Å². The number of fused-ring (bicyclic) bond motifs is 1. The molecule has 0 saturated heterocycles. The van der Waals surface area contributed by atoms with Crippen molar-refractivity contribution in [3.05, 3.63) is 74.8 Å². The third kappa shape index (κ3) is 3.55. The van der Waals surface area contributed by atoms with E-state index < -0.39 is 10.5 Å². The van der Waals surface area contributed by atoms with Crippen LogP contribution in [0.5, 0.6) is 0 Å². The van der Waals surface area contributed by atoms with Crippen LogP contribution in [0, 0.1) is 10.1 Å². The fraction of sp³-hybridized carbons (Fsp3) is 0.222. The number of nitrogens with zero attached hydrogens (tertiary/aromatic N) is 3. The molecular weight excluding hydrogens is 334 g/mol. The van der Waals surface area contributed by atoms with Gasteiger partial charge in [-0.2, -0.15) is 0 Å². The fourth-order valence-electron chi connectivity index (χ4n) is 2.88. The number of rotatable bonds is 6. The molecule has 26 heavy (non-hydrogen) atoms. The van der Waals surface area contributed by atoms with Gasteiger partial charge in [0.05, 0.1) is 28.2 Å². The Morgan fingerprint density at radius 1 is 1.27 bits per heavy atom. The number of nitro benzene ring substituents is 1. The molecule has 134 valence electrons. The molecule has 0 aliphatic rings. The zero-order valence-electron chi connectivity index (χ0n) is 14.5. The Hall–Kier alpha value is -3.26. The van der Waals surface area contributed by atoms with Gasteiger partial charge >= 0.3 is 0 Å². The summed E-state index contributed by atoms with van der Waals surface area (Å²) in [4.78, 5) is 31.4. The van der Waals surface area contributed by atoms with Crippen LogP contribution in [0.2, 0.25) is 0 Å². The molecular formula is C18H19N5O3. The zero-order chi connectivity index (χ0) is 18.7. The molecule has 0 radical (unpaired) electrons. The monoisotopic (exact) mass is 353 g/mol. The van der Waals surface area contributed by atoms with E-state index in [9.17, 15) is 14.9 Å². The molecule has 0 saturated carbocycles. The van der Waals surface area contributed by atoms with Crippen LogP contribution >= 0.6 is 0 Å². The van der Waals surface area contributed by atoms with Crippen LogP contribution in [0.4, 0.5) is 11.4 Å². The molecule has 0 amide bonds. The van der Waals surface area contributed by atoms with E-state index in [0.717, 1.165) is 5.56 Å². The Bertz CT molecular complexity index is 985. The summed E-state index contributed by atoms with van der Waals surface area (Å²) in [6, 6.07) is 12.7. The molecule has 2 N–H and O–H groups in total. The number of nitrogens with one attached hydrogen (secondary N) is 2. The number of anilines is 1. The highest BCUT2D eigenvalue weighted by molar-refractivity contribution is 5.86. The second-order valence-corrected chi connectivity index (χ2v) is 6.15. The number of nitro groups is 1. The van der Waals surface area contributed by atoms with Crippen molar-refractivity contribution in [2.45, 2.75) is 6.04 Å². The Morgan fingerprint density at radius 2 is 2.00 bits per heavy atom. The molecule has 1 aromatic heterocycles. The summed E-state index contributed by atoms with van der Waals surface area (Å²) < 4.78 is 0. The van der Waals surface area contributed by atoms with Gasteiger partial charge in [0.15, 0.2) is 0 Å². The van der Waals surface area contributed by atoms with Gasteiger partial charge in [-0.05, 0) is 25.7 Å². The number of likely N-dealkylation sites (N-methyl/N-ethyl adjacent to an activating group) is 1. The molecule has 1 heterocycles. The molecule has 0 aliphatic carbocycles. The number of aromatic amines is 1. The van der Waals surface area contributed by atoms with Gasteiger partial charge in [-0.1, -0.05) is 30.3 Å². The van der Waals surface area contributed by atoms with E-state index in [2.05, 4.69) is 15.3 Å². The minimum Gasteiger partial charge on any atom is -0.378 e. The molecule has 8 nitrogen and oxygen atoms in total. The summed E-state index contributed by atoms with van der Waals surface area (Å²) in [5.74, 6) is 0. The van der Waals surface area contributed by atoms with Crippen molar-refractivity contribution in [1.29, 1.82) is 0 Å². The molecule has 0 spiro atoms. The van der Waals surface area contributed by atoms with Gasteiger partial charge in [-0.25, -0.2) is 4.98 Å². The molecule has 3 aromatic rings. The van der Waals surface area contributed by atoms with E-state index in [1.165, 1.54) is 12.4 Å². The van der Waals surface area contributed by atoms with Crippen molar-refractivity contribution in [1.82, 2.24) is 14.9 Å². The van der Waals surface area contributed by atoms with Crippen LogP contribution in [0.1, 0.15) is 11.6 Å². The first-order chi connectivity index (χ1) is 12.5. The second-order valence-electron chi connectivity index (χ2n) is 6.15. The van der Waals surface area contributed by atoms with E-state index in [0.29, 0.717) is 17.7 Å². The number of hydrogen-bond acceptors (Lipinski definition) is 6. The smallest absolute Gasteiger partial charge is 0.293 e. The van der Waals surface area contributed by atoms with Crippen molar-refractivity contribution in [2.24, 2.45) is 0 Å². The standard InChI is InChI=1S/C18H19N5O3/c1-22(2)17(12-6-4-3-5-7-12)10-19-15-9-14-13(8-16(15)23(25)26)18(24)21-11-20-14/h3-9,11,17,19H,10H2,1-2H3,(H,20,21,24). The maximum atomic E-state index is 11.9. The first-order valence-corrected chi connectivity index (χ1v) is 8.08. The average Bonchev–Trinajstić information content (AvgIpc) is 2.62. The van der Waals surface area contributed by atoms with Crippen LogP contribution in [0.3, 0.4) is 0 Å². The quantitative estimate of drug-likeness (QED) is 0.521. The summed E-state index contributed by atoms with van der Waals surface area (Å²) in [5, 5.41) is 14.8. The maximum absolute atomic E-state index is 11.9. The van der Waals surface area contributed by atoms with E-state index in [4.69, 9.17) is 0 Å². The molecule has 0 bridgehead atoms. The fourth-order valence-corrected chi connectivity index (χ4v) is 2.88. The van der Waals surface area contributed by atoms with Crippen molar-refractivity contribution in [2.75, 3.05) is 26.0 Å². The Morgan fingerprint density at radius 3 is 2.65 bits per heavy atom. The maximum Gasteiger partial charge on any atom is 0.293 e. The van der Waals surface area contributed by atoms with Gasteiger partial charge in [-0.15, -0.1) is 0 Å². The topological polar surface area (TPSA) is 104 Å². The van der Waals surface area contributed by atoms with Crippen molar-refractivity contribution in [3.8, 4) is 0 Å². The molecule has 0 aliphatic heterocycles. The first-order valence-electron chi connectivity index (χ1n) is 8.08. The van der Waals surface area contributed by atoms with Crippen LogP contribution < -0.4 is 10.9 Å². The van der Waals surface area contributed by atoms with Crippen LogP contribution in [-0.2, 0) is 0 Å². The minimum absolute atomic E-state index is 0.0265. The van der Waals surface area contributed by atoms with Crippen LogP contribution in [-0.4, -0.2) is 40.4 Å². The lowest BCUT2D eigenvalue weighted by Gasteiger charge is -2.25. The highest BCUT2D eigenvalue weighted by Crippen LogP contribution is 2.29. The summed E-state index contributed by atoms with van der Waals surface area (Å²) in [7, 11) is 3.91. The van der Waals surface area contributed by atoms with Gasteiger partial charge in [0, 0.05) is 12.6 Å². The molecule has 1 atom stereocenters. The predicted molar refractivity (Wildman–Crippen MR) is 100 cm³/mol. The second kappa shape index (κ2) is 7.32. The normalized spacial score (nSPS) is 12.3. The molecule has 1 unspecified atom stereocenters. The zero-order valence-corrected chi connectivity index (χ0v) is 14.5. The molecule has 8 heteroatoms. The van der Waals surface area contributed by atoms with Gasteiger partial charge < -0.3 is 15.2 Å². The minimum atomic E-state index is -0.499. The van der Waals surface area contributed by atoms with E-state index in [-0.39, 0.29) is 17.1 Å². The number of H-pyrrole nitrogens is 1. The largest absolute Gasteiger partial charge is 0.378 e. The Balaban J connectivity index is 1.95. The van der Waals surface area contributed by atoms with Gasteiger partial charge in [0.25, 0.3) is 11.2 Å². The third-order valence-corrected chi connectivity index (χ3v) is 4.25. The summed E-state index contributed by atoms with van der Waals surface area (Å²) in [6.07, 6.45) is 1.28. The predicted octanol–water partition coefficient (Wildman–Crippen LogP) is 2.55.